The second-order valence-corrected chi connectivity index (χ2v) is 8.37. The van der Waals surface area contributed by atoms with Gasteiger partial charge in [-0.1, -0.05) is 72.3 Å². The smallest absolute Gasteiger partial charge is 0.176 e. The van der Waals surface area contributed by atoms with Gasteiger partial charge in [-0.25, -0.2) is 0 Å². The molecule has 0 unspecified atom stereocenters. The lowest BCUT2D eigenvalue weighted by Crippen LogP contribution is -2.26. The largest absolute Gasteiger partial charge is 0.295 e. The predicted octanol–water partition coefficient (Wildman–Crippen LogP) is 5.94. The Morgan fingerprint density at radius 3 is 2.10 bits per heavy atom. The van der Waals surface area contributed by atoms with Crippen LogP contribution in [0.3, 0.4) is 0 Å². The lowest BCUT2D eigenvalue weighted by Gasteiger charge is -2.18. The number of fused-ring (bicyclic) bond motifs is 2. The SMILES string of the molecule is CN(C/C=C\C1c2ccccc2CCc2ccccc21)CC(=O)c1ccc(Cl)cc1. The van der Waals surface area contributed by atoms with Crippen LogP contribution in [0.5, 0.6) is 0 Å². The van der Waals surface area contributed by atoms with Crippen LogP contribution in [-0.4, -0.2) is 30.8 Å². The molecular weight excluding hydrogens is 390 g/mol. The highest BCUT2D eigenvalue weighted by molar-refractivity contribution is 6.30. The molecule has 0 aromatic heterocycles. The van der Waals surface area contributed by atoms with E-state index in [1.807, 2.05) is 11.9 Å². The number of nitrogens with zero attached hydrogens (tertiary/aromatic N) is 1. The fourth-order valence-electron chi connectivity index (χ4n) is 4.19. The minimum Gasteiger partial charge on any atom is -0.295 e. The van der Waals surface area contributed by atoms with E-state index in [0.717, 1.165) is 19.4 Å². The van der Waals surface area contributed by atoms with Crippen LogP contribution in [0.1, 0.15) is 38.5 Å². The Labute approximate surface area is 183 Å². The van der Waals surface area contributed by atoms with E-state index in [1.165, 1.54) is 22.3 Å². The fraction of sp³-hybridized carbons (Fsp3) is 0.222. The third-order valence-electron chi connectivity index (χ3n) is 5.77. The van der Waals surface area contributed by atoms with Crippen LogP contribution in [0.15, 0.2) is 84.9 Å². The monoisotopic (exact) mass is 415 g/mol. The van der Waals surface area contributed by atoms with Gasteiger partial charge in [-0.3, -0.25) is 9.69 Å². The number of hydrogen-bond acceptors (Lipinski definition) is 2. The summed E-state index contributed by atoms with van der Waals surface area (Å²) in [5.41, 5.74) is 6.32. The number of carbonyl (C=O) groups excluding carboxylic acids is 1. The Bertz CT molecular complexity index is 1010. The number of aryl methyl sites for hydroxylation is 2. The molecule has 30 heavy (non-hydrogen) atoms. The van der Waals surface area contributed by atoms with Crippen LogP contribution in [0.2, 0.25) is 5.02 Å². The quantitative estimate of drug-likeness (QED) is 0.366. The van der Waals surface area contributed by atoms with Gasteiger partial charge in [0.2, 0.25) is 0 Å². The summed E-state index contributed by atoms with van der Waals surface area (Å²) >= 11 is 5.92. The summed E-state index contributed by atoms with van der Waals surface area (Å²) in [7, 11) is 1.98. The van der Waals surface area contributed by atoms with Gasteiger partial charge < -0.3 is 0 Å². The predicted molar refractivity (Wildman–Crippen MR) is 125 cm³/mol. The summed E-state index contributed by atoms with van der Waals surface area (Å²) in [5, 5.41) is 0.645. The van der Waals surface area contributed by atoms with Crippen LogP contribution in [0.4, 0.5) is 0 Å². The van der Waals surface area contributed by atoms with Gasteiger partial charge in [0, 0.05) is 23.0 Å². The van der Waals surface area contributed by atoms with Crippen molar-refractivity contribution < 1.29 is 4.79 Å². The normalized spacial score (nSPS) is 13.8. The van der Waals surface area contributed by atoms with E-state index in [9.17, 15) is 4.79 Å². The van der Waals surface area contributed by atoms with E-state index >= 15 is 0 Å². The summed E-state index contributed by atoms with van der Waals surface area (Å²) in [5.74, 6) is 0.355. The van der Waals surface area contributed by atoms with Gasteiger partial charge >= 0.3 is 0 Å². The van der Waals surface area contributed by atoms with E-state index in [0.29, 0.717) is 17.1 Å². The molecule has 0 saturated carbocycles. The summed E-state index contributed by atoms with van der Waals surface area (Å²) in [4.78, 5) is 14.5. The highest BCUT2D eigenvalue weighted by Crippen LogP contribution is 2.35. The maximum Gasteiger partial charge on any atom is 0.176 e. The van der Waals surface area contributed by atoms with E-state index < -0.39 is 0 Å². The number of rotatable bonds is 6. The van der Waals surface area contributed by atoms with Crippen molar-refractivity contribution in [3.05, 3.63) is 118 Å². The number of carbonyl (C=O) groups is 1. The Hall–Kier alpha value is -2.68. The number of benzene rings is 3. The topological polar surface area (TPSA) is 20.3 Å². The summed E-state index contributed by atoms with van der Waals surface area (Å²) in [6.45, 7) is 1.10. The zero-order chi connectivity index (χ0) is 20.9. The number of likely N-dealkylation sites (N-methyl/N-ethyl adjacent to an activating group) is 1. The molecule has 0 aliphatic heterocycles. The number of hydrogen-bond donors (Lipinski definition) is 0. The molecule has 0 bridgehead atoms. The van der Waals surface area contributed by atoms with E-state index in [2.05, 4.69) is 60.7 Å². The molecule has 0 saturated heterocycles. The molecule has 0 fully saturated rings. The molecule has 152 valence electrons. The summed E-state index contributed by atoms with van der Waals surface area (Å²) in [6.07, 6.45) is 6.64. The van der Waals surface area contributed by atoms with Gasteiger partial charge in [0.1, 0.15) is 0 Å². The second kappa shape index (κ2) is 9.42. The molecule has 0 amide bonds. The third kappa shape index (κ3) is 4.72. The fourth-order valence-corrected chi connectivity index (χ4v) is 4.31. The summed E-state index contributed by atoms with van der Waals surface area (Å²) < 4.78 is 0. The Balaban J connectivity index is 1.48. The van der Waals surface area contributed by atoms with Crippen LogP contribution in [0, 0.1) is 0 Å². The zero-order valence-corrected chi connectivity index (χ0v) is 18.0. The molecule has 1 aliphatic carbocycles. The van der Waals surface area contributed by atoms with Crippen molar-refractivity contribution in [2.75, 3.05) is 20.1 Å². The van der Waals surface area contributed by atoms with Crippen molar-refractivity contribution in [2.45, 2.75) is 18.8 Å². The number of ketones is 1. The molecule has 0 heterocycles. The Kier molecular flexibility index (Phi) is 6.47. The number of Topliss-reactive ketones (excluding diaryl/α,β-unsaturated/α-hetero) is 1. The zero-order valence-electron chi connectivity index (χ0n) is 17.2. The highest BCUT2D eigenvalue weighted by Gasteiger charge is 2.21. The third-order valence-corrected chi connectivity index (χ3v) is 6.02. The van der Waals surface area contributed by atoms with E-state index in [1.54, 1.807) is 24.3 Å². The molecule has 0 spiro atoms. The number of halogens is 1. The van der Waals surface area contributed by atoms with E-state index in [4.69, 9.17) is 11.6 Å². The van der Waals surface area contributed by atoms with Crippen LogP contribution >= 0.6 is 11.6 Å². The first-order valence-electron chi connectivity index (χ1n) is 10.4. The average Bonchev–Trinajstić information content (AvgIpc) is 2.91. The molecule has 1 aliphatic rings. The molecule has 3 aromatic rings. The minimum atomic E-state index is 0.104. The first kappa shape index (κ1) is 20.6. The maximum absolute atomic E-state index is 12.5. The van der Waals surface area contributed by atoms with Crippen molar-refractivity contribution in [2.24, 2.45) is 0 Å². The molecule has 4 rings (SSSR count). The van der Waals surface area contributed by atoms with Crippen molar-refractivity contribution in [3.8, 4) is 0 Å². The summed E-state index contributed by atoms with van der Waals surface area (Å²) in [6, 6.07) is 24.6. The molecule has 3 aromatic carbocycles. The van der Waals surface area contributed by atoms with Gasteiger partial charge in [-0.2, -0.15) is 0 Å². The number of allylic oxidation sites excluding steroid dienone is 1. The maximum atomic E-state index is 12.5. The molecule has 0 radical (unpaired) electrons. The van der Waals surface area contributed by atoms with Gasteiger partial charge in [0.05, 0.1) is 6.54 Å². The van der Waals surface area contributed by atoms with Crippen LogP contribution in [0.25, 0.3) is 0 Å². The standard InChI is InChI=1S/C27H26ClNO/c1-29(19-27(30)22-14-16-23(28)17-15-22)18-6-11-26-24-9-4-2-7-20(24)12-13-21-8-3-5-10-25(21)26/h2-11,14-17,26H,12-13,18-19H2,1H3/b11-6-. The van der Waals surface area contributed by atoms with E-state index in [-0.39, 0.29) is 11.7 Å². The first-order valence-corrected chi connectivity index (χ1v) is 10.8. The average molecular weight is 416 g/mol. The minimum absolute atomic E-state index is 0.104. The van der Waals surface area contributed by atoms with Crippen molar-refractivity contribution >= 4 is 17.4 Å². The first-order chi connectivity index (χ1) is 14.6. The van der Waals surface area contributed by atoms with Crippen molar-refractivity contribution in [3.63, 3.8) is 0 Å². The molecule has 2 nitrogen and oxygen atoms in total. The van der Waals surface area contributed by atoms with Crippen molar-refractivity contribution in [1.82, 2.24) is 4.90 Å². The van der Waals surface area contributed by atoms with Gasteiger partial charge in [-0.15, -0.1) is 0 Å². The van der Waals surface area contributed by atoms with Gasteiger partial charge in [0.15, 0.2) is 5.78 Å². The van der Waals surface area contributed by atoms with Crippen molar-refractivity contribution in [1.29, 1.82) is 0 Å². The van der Waals surface area contributed by atoms with Gasteiger partial charge in [-0.05, 0) is 66.4 Å². The van der Waals surface area contributed by atoms with Crippen LogP contribution in [-0.2, 0) is 12.8 Å². The molecule has 0 atom stereocenters. The molecule has 3 heteroatoms. The highest BCUT2D eigenvalue weighted by atomic mass is 35.5. The van der Waals surface area contributed by atoms with Crippen LogP contribution < -0.4 is 0 Å². The lowest BCUT2D eigenvalue weighted by atomic mass is 9.88. The molecule has 0 N–H and O–H groups in total. The second-order valence-electron chi connectivity index (χ2n) is 7.93. The Morgan fingerprint density at radius 1 is 0.933 bits per heavy atom. The Morgan fingerprint density at radius 2 is 1.50 bits per heavy atom. The lowest BCUT2D eigenvalue weighted by molar-refractivity contribution is 0.0952. The van der Waals surface area contributed by atoms with Gasteiger partial charge in [0.25, 0.3) is 0 Å². The molecular formula is C27H26ClNO.